The summed E-state index contributed by atoms with van der Waals surface area (Å²) in [4.78, 5) is 15.5. The Morgan fingerprint density at radius 1 is 1.14 bits per heavy atom. The van der Waals surface area contributed by atoms with E-state index < -0.39 is 0 Å². The van der Waals surface area contributed by atoms with Crippen molar-refractivity contribution in [3.8, 4) is 5.75 Å². The molecule has 29 heavy (non-hydrogen) atoms. The van der Waals surface area contributed by atoms with Gasteiger partial charge >= 0.3 is 0 Å². The second-order valence-electron chi connectivity index (χ2n) is 9.20. The van der Waals surface area contributed by atoms with Crippen LogP contribution >= 0.6 is 0 Å². The van der Waals surface area contributed by atoms with E-state index in [0.29, 0.717) is 0 Å². The molecule has 0 unspecified atom stereocenters. The summed E-state index contributed by atoms with van der Waals surface area (Å²) in [5, 5.41) is 3.33. The van der Waals surface area contributed by atoms with Gasteiger partial charge < -0.3 is 10.1 Å². The Labute approximate surface area is 174 Å². The lowest BCUT2D eigenvalue weighted by Gasteiger charge is -2.39. The molecular formula is C25H32N2O2. The molecule has 2 heterocycles. The van der Waals surface area contributed by atoms with Crippen molar-refractivity contribution in [2.75, 3.05) is 13.1 Å². The highest BCUT2D eigenvalue weighted by atomic mass is 16.5. The van der Waals surface area contributed by atoms with Gasteiger partial charge in [-0.25, -0.2) is 0 Å². The summed E-state index contributed by atoms with van der Waals surface area (Å²) in [5.41, 5.74) is 3.48. The molecular weight excluding hydrogens is 360 g/mol. The number of likely N-dealkylation sites (tertiary alicyclic amines) is 1. The highest BCUT2D eigenvalue weighted by Gasteiger charge is 2.35. The minimum atomic E-state index is -0.274. The number of nitrogens with one attached hydrogen (secondary N) is 1. The van der Waals surface area contributed by atoms with E-state index in [9.17, 15) is 4.79 Å². The Bertz CT molecular complexity index is 869. The number of amides is 1. The van der Waals surface area contributed by atoms with Gasteiger partial charge in [-0.1, -0.05) is 48.0 Å². The van der Waals surface area contributed by atoms with Crippen molar-refractivity contribution in [1.82, 2.24) is 10.2 Å². The monoisotopic (exact) mass is 392 g/mol. The number of carbonyl (C=O) groups is 1. The van der Waals surface area contributed by atoms with Gasteiger partial charge in [0, 0.05) is 24.4 Å². The molecule has 2 aromatic carbocycles. The van der Waals surface area contributed by atoms with Crippen molar-refractivity contribution in [3.05, 3.63) is 65.2 Å². The van der Waals surface area contributed by atoms with Gasteiger partial charge in [-0.2, -0.15) is 0 Å². The fraction of sp³-hybridized carbons (Fsp3) is 0.480. The number of para-hydroxylation sites is 1. The first-order valence-corrected chi connectivity index (χ1v) is 10.8. The number of aryl methyl sites for hydroxylation is 1. The number of nitrogens with zero attached hydrogens (tertiary/aromatic N) is 1. The van der Waals surface area contributed by atoms with E-state index in [1.165, 1.54) is 11.1 Å². The van der Waals surface area contributed by atoms with E-state index in [1.807, 2.05) is 18.2 Å². The molecule has 0 bridgehead atoms. The molecule has 0 aliphatic carbocycles. The zero-order valence-electron chi connectivity index (χ0n) is 17.8. The SMILES string of the molecule is Cc1cccc(CN2CCC(C(=O)N[C@@H]3CC(C)(C)Oc4ccccc43)CC2)c1. The molecule has 4 rings (SSSR count). The second-order valence-corrected chi connectivity index (χ2v) is 9.20. The zero-order chi connectivity index (χ0) is 20.4. The Balaban J connectivity index is 1.34. The highest BCUT2D eigenvalue weighted by molar-refractivity contribution is 5.79. The summed E-state index contributed by atoms with van der Waals surface area (Å²) in [6, 6.07) is 16.8. The first kappa shape index (κ1) is 20.0. The second kappa shape index (κ2) is 8.19. The lowest BCUT2D eigenvalue weighted by molar-refractivity contribution is -0.127. The van der Waals surface area contributed by atoms with Gasteiger partial charge in [0.05, 0.1) is 6.04 Å². The summed E-state index contributed by atoms with van der Waals surface area (Å²) < 4.78 is 6.10. The Kier molecular flexibility index (Phi) is 5.64. The lowest BCUT2D eigenvalue weighted by atomic mass is 9.88. The summed E-state index contributed by atoms with van der Waals surface area (Å²) in [6.45, 7) is 9.23. The third kappa shape index (κ3) is 4.81. The van der Waals surface area contributed by atoms with Crippen molar-refractivity contribution >= 4 is 5.91 Å². The number of benzene rings is 2. The quantitative estimate of drug-likeness (QED) is 0.825. The van der Waals surface area contributed by atoms with E-state index in [0.717, 1.165) is 50.2 Å². The van der Waals surface area contributed by atoms with Crippen LogP contribution in [0.25, 0.3) is 0 Å². The van der Waals surface area contributed by atoms with Gasteiger partial charge in [-0.05, 0) is 58.3 Å². The number of hydrogen-bond acceptors (Lipinski definition) is 3. The molecule has 4 nitrogen and oxygen atoms in total. The van der Waals surface area contributed by atoms with Crippen LogP contribution in [0, 0.1) is 12.8 Å². The van der Waals surface area contributed by atoms with Crippen LogP contribution in [0.15, 0.2) is 48.5 Å². The Morgan fingerprint density at radius 3 is 2.66 bits per heavy atom. The lowest BCUT2D eigenvalue weighted by Crippen LogP contribution is -2.45. The molecule has 0 aromatic heterocycles. The van der Waals surface area contributed by atoms with Crippen LogP contribution in [0.4, 0.5) is 0 Å². The number of fused-ring (bicyclic) bond motifs is 1. The van der Waals surface area contributed by atoms with Crippen molar-refractivity contribution in [2.24, 2.45) is 5.92 Å². The minimum absolute atomic E-state index is 0.0211. The van der Waals surface area contributed by atoms with Gasteiger partial charge in [-0.15, -0.1) is 0 Å². The van der Waals surface area contributed by atoms with Crippen LogP contribution in [-0.2, 0) is 11.3 Å². The molecule has 4 heteroatoms. The zero-order valence-corrected chi connectivity index (χ0v) is 17.8. The minimum Gasteiger partial charge on any atom is -0.487 e. The molecule has 1 N–H and O–H groups in total. The van der Waals surface area contributed by atoms with Crippen LogP contribution in [0.5, 0.6) is 5.75 Å². The van der Waals surface area contributed by atoms with Gasteiger partial charge in [-0.3, -0.25) is 9.69 Å². The average molecular weight is 393 g/mol. The molecule has 0 spiro atoms. The van der Waals surface area contributed by atoms with Crippen molar-refractivity contribution in [2.45, 2.75) is 58.2 Å². The third-order valence-electron chi connectivity index (χ3n) is 6.14. The summed E-state index contributed by atoms with van der Waals surface area (Å²) in [5.74, 6) is 1.18. The highest BCUT2D eigenvalue weighted by Crippen LogP contribution is 2.39. The maximum absolute atomic E-state index is 13.0. The first-order chi connectivity index (χ1) is 13.9. The fourth-order valence-corrected chi connectivity index (χ4v) is 4.64. The van der Waals surface area contributed by atoms with E-state index in [4.69, 9.17) is 4.74 Å². The van der Waals surface area contributed by atoms with Gasteiger partial charge in [0.2, 0.25) is 5.91 Å². The molecule has 2 aromatic rings. The number of ether oxygens (including phenoxy) is 1. The number of hydrogen-bond donors (Lipinski definition) is 1. The van der Waals surface area contributed by atoms with Crippen molar-refractivity contribution in [3.63, 3.8) is 0 Å². The number of piperidine rings is 1. The Morgan fingerprint density at radius 2 is 1.90 bits per heavy atom. The van der Waals surface area contributed by atoms with Crippen molar-refractivity contribution < 1.29 is 9.53 Å². The van der Waals surface area contributed by atoms with Gasteiger partial charge in [0.25, 0.3) is 0 Å². The summed E-state index contributed by atoms with van der Waals surface area (Å²) >= 11 is 0. The molecule has 1 fully saturated rings. The largest absolute Gasteiger partial charge is 0.487 e. The molecule has 1 amide bonds. The molecule has 1 atom stereocenters. The predicted molar refractivity (Wildman–Crippen MR) is 116 cm³/mol. The molecule has 1 saturated heterocycles. The molecule has 2 aliphatic rings. The fourth-order valence-electron chi connectivity index (χ4n) is 4.64. The van der Waals surface area contributed by atoms with Crippen LogP contribution < -0.4 is 10.1 Å². The van der Waals surface area contributed by atoms with Crippen LogP contribution in [0.1, 0.15) is 55.8 Å². The maximum atomic E-state index is 13.0. The third-order valence-corrected chi connectivity index (χ3v) is 6.14. The topological polar surface area (TPSA) is 41.6 Å². The number of carbonyl (C=O) groups excluding carboxylic acids is 1. The normalized spacial score (nSPS) is 21.8. The molecule has 154 valence electrons. The van der Waals surface area contributed by atoms with E-state index in [1.54, 1.807) is 0 Å². The maximum Gasteiger partial charge on any atom is 0.223 e. The molecule has 0 saturated carbocycles. The Hall–Kier alpha value is -2.33. The van der Waals surface area contributed by atoms with E-state index >= 15 is 0 Å². The van der Waals surface area contributed by atoms with Gasteiger partial charge in [0.15, 0.2) is 0 Å². The molecule has 0 radical (unpaired) electrons. The van der Waals surface area contributed by atoms with E-state index in [2.05, 4.69) is 61.3 Å². The van der Waals surface area contributed by atoms with Crippen LogP contribution in [0.3, 0.4) is 0 Å². The predicted octanol–water partition coefficient (Wildman–Crippen LogP) is 4.63. The summed E-state index contributed by atoms with van der Waals surface area (Å²) in [7, 11) is 0. The summed E-state index contributed by atoms with van der Waals surface area (Å²) in [6.07, 6.45) is 2.64. The average Bonchev–Trinajstić information content (AvgIpc) is 2.67. The first-order valence-electron chi connectivity index (χ1n) is 10.8. The standard InChI is InChI=1S/C25H32N2O2/c1-18-7-6-8-19(15-18)17-27-13-11-20(12-14-27)24(28)26-22-16-25(2,3)29-23-10-5-4-9-21(22)23/h4-10,15,20,22H,11-14,16-17H2,1-3H3,(H,26,28)/t22-/m1/s1. The van der Waals surface area contributed by atoms with E-state index in [-0.39, 0.29) is 23.5 Å². The van der Waals surface area contributed by atoms with Gasteiger partial charge in [0.1, 0.15) is 11.4 Å². The van der Waals surface area contributed by atoms with Crippen LogP contribution in [0.2, 0.25) is 0 Å². The number of rotatable bonds is 4. The molecule has 2 aliphatic heterocycles. The smallest absolute Gasteiger partial charge is 0.223 e. The van der Waals surface area contributed by atoms with Crippen LogP contribution in [-0.4, -0.2) is 29.5 Å². The van der Waals surface area contributed by atoms with Crippen molar-refractivity contribution in [1.29, 1.82) is 0 Å².